The maximum Gasteiger partial charge on any atom is 0.272 e. The summed E-state index contributed by atoms with van der Waals surface area (Å²) < 4.78 is 19.0. The molecule has 0 aliphatic carbocycles. The van der Waals surface area contributed by atoms with Crippen molar-refractivity contribution < 1.29 is 23.5 Å². The van der Waals surface area contributed by atoms with Crippen LogP contribution in [0.2, 0.25) is 0 Å². The lowest BCUT2D eigenvalue weighted by molar-refractivity contribution is 0.0358. The largest absolute Gasteiger partial charge is 0.487 e. The lowest BCUT2D eigenvalue weighted by atomic mass is 9.92. The van der Waals surface area contributed by atoms with Crippen molar-refractivity contribution in [3.63, 3.8) is 0 Å². The van der Waals surface area contributed by atoms with Crippen LogP contribution in [0.5, 0.6) is 5.75 Å². The van der Waals surface area contributed by atoms with Gasteiger partial charge in [0.2, 0.25) is 0 Å². The van der Waals surface area contributed by atoms with Crippen LogP contribution in [0.25, 0.3) is 0 Å². The van der Waals surface area contributed by atoms with E-state index >= 15 is 0 Å². The van der Waals surface area contributed by atoms with Crippen LogP contribution in [-0.4, -0.2) is 33.7 Å². The van der Waals surface area contributed by atoms with Gasteiger partial charge in [-0.15, -0.1) is 0 Å². The Balaban J connectivity index is 1.87. The van der Waals surface area contributed by atoms with Gasteiger partial charge in [-0.25, -0.2) is 9.40 Å². The first-order valence-corrected chi connectivity index (χ1v) is 9.65. The monoisotopic (exact) mass is 412 g/mol. The van der Waals surface area contributed by atoms with Crippen LogP contribution < -0.4 is 10.2 Å². The van der Waals surface area contributed by atoms with Crippen molar-refractivity contribution in [2.45, 2.75) is 52.2 Å². The average molecular weight is 412 g/mol. The van der Waals surface area contributed by atoms with Crippen molar-refractivity contribution in [1.29, 1.82) is 0 Å². The number of nitrogens with zero attached hydrogens (tertiary/aromatic N) is 1. The number of benzene rings is 2. The van der Waals surface area contributed by atoms with E-state index in [9.17, 15) is 18.8 Å². The molecule has 0 saturated heterocycles. The highest BCUT2D eigenvalue weighted by atomic mass is 19.1. The number of fused-ring (bicyclic) bond motifs is 1. The van der Waals surface area contributed by atoms with Crippen molar-refractivity contribution in [1.82, 2.24) is 10.4 Å². The van der Waals surface area contributed by atoms with E-state index < -0.39 is 28.8 Å². The maximum absolute atomic E-state index is 13.2. The quantitative estimate of drug-likeness (QED) is 0.752. The second-order valence-electron chi connectivity index (χ2n) is 8.93. The minimum absolute atomic E-state index is 0.106. The molecule has 2 aromatic carbocycles. The van der Waals surface area contributed by atoms with Gasteiger partial charge in [0.15, 0.2) is 5.78 Å². The Morgan fingerprint density at radius 1 is 1.07 bits per heavy atom. The van der Waals surface area contributed by atoms with E-state index in [1.165, 1.54) is 35.3 Å². The number of ketones is 1. The Hall–Kier alpha value is -3.22. The summed E-state index contributed by atoms with van der Waals surface area (Å²) >= 11 is 0. The molecule has 0 unspecified atom stereocenters. The van der Waals surface area contributed by atoms with Gasteiger partial charge in [-0.3, -0.25) is 19.8 Å². The third-order valence-electron chi connectivity index (χ3n) is 4.69. The second-order valence-corrected chi connectivity index (χ2v) is 8.93. The minimum atomic E-state index is -0.752. The zero-order valence-corrected chi connectivity index (χ0v) is 17.7. The van der Waals surface area contributed by atoms with Crippen molar-refractivity contribution >= 4 is 17.6 Å². The molecule has 1 aliphatic heterocycles. The maximum atomic E-state index is 13.2. The number of rotatable bonds is 2. The fourth-order valence-corrected chi connectivity index (χ4v) is 3.20. The number of halogens is 1. The highest BCUT2D eigenvalue weighted by Gasteiger charge is 2.34. The van der Waals surface area contributed by atoms with Gasteiger partial charge in [-0.2, -0.15) is 0 Å². The van der Waals surface area contributed by atoms with E-state index in [-0.39, 0.29) is 23.3 Å². The molecule has 3 rings (SSSR count). The molecular formula is C23H25FN2O4. The number of carbonyl (C=O) groups excluding carboxylic acids is 3. The smallest absolute Gasteiger partial charge is 0.272 e. The van der Waals surface area contributed by atoms with Crippen LogP contribution in [0.1, 0.15) is 72.1 Å². The number of Topliss-reactive ketones (excluding diaryl/α,β-unsaturated/α-hetero) is 1. The van der Waals surface area contributed by atoms with E-state index in [4.69, 9.17) is 4.74 Å². The fourth-order valence-electron chi connectivity index (χ4n) is 3.20. The molecule has 0 spiro atoms. The molecule has 6 nitrogen and oxygen atoms in total. The first-order chi connectivity index (χ1) is 13.9. The van der Waals surface area contributed by atoms with Gasteiger partial charge in [-0.1, -0.05) is 0 Å². The van der Waals surface area contributed by atoms with Crippen molar-refractivity contribution in [2.75, 3.05) is 0 Å². The number of hydrogen-bond donors (Lipinski definition) is 1. The predicted molar refractivity (Wildman–Crippen MR) is 110 cm³/mol. The van der Waals surface area contributed by atoms with Gasteiger partial charge in [0, 0.05) is 11.1 Å². The zero-order chi connectivity index (χ0) is 22.3. The van der Waals surface area contributed by atoms with E-state index in [0.717, 1.165) is 0 Å². The standard InChI is InChI=1S/C23H25FN2O4/c1-22(2,3)26(21(29)14-6-9-16(24)10-7-14)25-20(28)15-8-11-19-17(12-15)18(27)13-23(4,5)30-19/h6-12H,13H2,1-5H3,(H,25,28). The van der Waals surface area contributed by atoms with Crippen molar-refractivity contribution in [3.05, 3.63) is 65.0 Å². The van der Waals surface area contributed by atoms with Crippen LogP contribution in [0.15, 0.2) is 42.5 Å². The molecule has 30 heavy (non-hydrogen) atoms. The van der Waals surface area contributed by atoms with Crippen LogP contribution in [0.3, 0.4) is 0 Å². The lowest BCUT2D eigenvalue weighted by Crippen LogP contribution is -2.55. The summed E-state index contributed by atoms with van der Waals surface area (Å²) in [6.07, 6.45) is 0.211. The number of carbonyl (C=O) groups is 3. The Kier molecular flexibility index (Phi) is 5.41. The number of amides is 2. The first-order valence-electron chi connectivity index (χ1n) is 9.65. The summed E-state index contributed by atoms with van der Waals surface area (Å²) in [5.41, 5.74) is 2.08. The van der Waals surface area contributed by atoms with Crippen LogP contribution in [0, 0.1) is 5.82 Å². The number of hydrazine groups is 1. The SMILES string of the molecule is CC1(C)CC(=O)c2cc(C(=O)NN(C(=O)c3ccc(F)cc3)C(C)(C)C)ccc2O1. The van der Waals surface area contributed by atoms with Gasteiger partial charge in [0.25, 0.3) is 11.8 Å². The molecule has 7 heteroatoms. The molecule has 0 bridgehead atoms. The molecule has 1 N–H and O–H groups in total. The van der Waals surface area contributed by atoms with Crippen LogP contribution in [0.4, 0.5) is 4.39 Å². The third kappa shape index (κ3) is 4.50. The molecule has 0 radical (unpaired) electrons. The van der Waals surface area contributed by atoms with Gasteiger partial charge in [0.05, 0.1) is 17.5 Å². The van der Waals surface area contributed by atoms with E-state index in [1.54, 1.807) is 32.9 Å². The predicted octanol–water partition coefficient (Wildman–Crippen LogP) is 4.16. The summed E-state index contributed by atoms with van der Waals surface area (Å²) in [5, 5.41) is 1.20. The second kappa shape index (κ2) is 7.55. The van der Waals surface area contributed by atoms with E-state index in [1.807, 2.05) is 13.8 Å². The molecule has 0 saturated carbocycles. The van der Waals surface area contributed by atoms with Crippen LogP contribution >= 0.6 is 0 Å². The highest BCUT2D eigenvalue weighted by Crippen LogP contribution is 2.33. The number of hydrogen-bond acceptors (Lipinski definition) is 4. The number of nitrogens with one attached hydrogen (secondary N) is 1. The summed E-state index contributed by atoms with van der Waals surface area (Å²) in [6.45, 7) is 8.95. The summed E-state index contributed by atoms with van der Waals surface area (Å²) in [6, 6.07) is 9.71. The highest BCUT2D eigenvalue weighted by molar-refractivity contribution is 6.04. The van der Waals surface area contributed by atoms with Gasteiger partial charge < -0.3 is 4.74 Å². The molecule has 0 aromatic heterocycles. The summed E-state index contributed by atoms with van der Waals surface area (Å²) in [7, 11) is 0. The van der Waals surface area contributed by atoms with Gasteiger partial charge in [0.1, 0.15) is 17.2 Å². The average Bonchev–Trinajstić information content (AvgIpc) is 2.64. The molecule has 1 aliphatic rings. The van der Waals surface area contributed by atoms with Crippen molar-refractivity contribution in [3.8, 4) is 5.75 Å². The number of ether oxygens (including phenoxy) is 1. The normalized spacial score (nSPS) is 15.1. The molecule has 0 fully saturated rings. The third-order valence-corrected chi connectivity index (χ3v) is 4.69. The van der Waals surface area contributed by atoms with E-state index in [0.29, 0.717) is 11.3 Å². The molecule has 158 valence electrons. The topological polar surface area (TPSA) is 75.7 Å². The Morgan fingerprint density at radius 3 is 2.27 bits per heavy atom. The Morgan fingerprint density at radius 2 is 1.67 bits per heavy atom. The minimum Gasteiger partial charge on any atom is -0.487 e. The van der Waals surface area contributed by atoms with Crippen LogP contribution in [-0.2, 0) is 0 Å². The first kappa shape index (κ1) is 21.5. The van der Waals surface area contributed by atoms with E-state index in [2.05, 4.69) is 5.43 Å². The summed E-state index contributed by atoms with van der Waals surface area (Å²) in [5.74, 6) is -1.15. The molecular weight excluding hydrogens is 387 g/mol. The Labute approximate surface area is 175 Å². The molecule has 0 atom stereocenters. The molecule has 1 heterocycles. The van der Waals surface area contributed by atoms with Gasteiger partial charge in [-0.05, 0) is 77.1 Å². The van der Waals surface area contributed by atoms with Gasteiger partial charge >= 0.3 is 0 Å². The Bertz CT molecular complexity index is 1010. The van der Waals surface area contributed by atoms with Crippen molar-refractivity contribution in [2.24, 2.45) is 0 Å². The molecule has 2 amide bonds. The lowest BCUT2D eigenvalue weighted by Gasteiger charge is -2.35. The summed E-state index contributed by atoms with van der Waals surface area (Å²) in [4.78, 5) is 38.3. The molecule has 2 aromatic rings. The zero-order valence-electron chi connectivity index (χ0n) is 17.7. The fraction of sp³-hybridized carbons (Fsp3) is 0.348.